The third kappa shape index (κ3) is 3.99. The fourth-order valence-corrected chi connectivity index (χ4v) is 4.18. The Morgan fingerprint density at radius 2 is 2.15 bits per heavy atom. The van der Waals surface area contributed by atoms with Crippen molar-refractivity contribution in [2.75, 3.05) is 40.4 Å². The standard InChI is InChI=1S/C16H20FN5O4S/c1-20(6-7-26-2)16(23)15-11-22(19-18-15)13-9-21(10-13)27(24,25)14-5-3-4-12(17)8-14/h3-5,8,11,13H,6-7,9-10H2,1-2H3. The number of carbonyl (C=O) groups is 1. The van der Waals surface area contributed by atoms with Gasteiger partial charge in [0, 0.05) is 33.8 Å². The second-order valence-electron chi connectivity index (χ2n) is 6.24. The van der Waals surface area contributed by atoms with Crippen LogP contribution in [0.2, 0.25) is 0 Å². The summed E-state index contributed by atoms with van der Waals surface area (Å²) in [6, 6.07) is 4.66. The molecule has 0 aliphatic carbocycles. The molecule has 0 bridgehead atoms. The number of aromatic nitrogens is 3. The lowest BCUT2D eigenvalue weighted by Crippen LogP contribution is -2.50. The summed E-state index contributed by atoms with van der Waals surface area (Å²) in [5, 5.41) is 7.80. The number of sulfonamides is 1. The Labute approximate surface area is 156 Å². The van der Waals surface area contributed by atoms with Crippen molar-refractivity contribution in [3.05, 3.63) is 42.0 Å². The lowest BCUT2D eigenvalue weighted by molar-refractivity contribution is 0.0738. The number of rotatable bonds is 7. The maximum atomic E-state index is 13.3. The molecule has 0 atom stereocenters. The molecule has 0 unspecified atom stereocenters. The Morgan fingerprint density at radius 3 is 2.81 bits per heavy atom. The average Bonchev–Trinajstić information content (AvgIpc) is 3.07. The van der Waals surface area contributed by atoms with Crippen molar-refractivity contribution >= 4 is 15.9 Å². The van der Waals surface area contributed by atoms with E-state index < -0.39 is 15.8 Å². The SMILES string of the molecule is COCCN(C)C(=O)c1cn(C2CN(S(=O)(=O)c3cccc(F)c3)C2)nn1. The number of hydrogen-bond acceptors (Lipinski definition) is 6. The van der Waals surface area contributed by atoms with Crippen LogP contribution in [0.3, 0.4) is 0 Å². The molecule has 11 heteroatoms. The van der Waals surface area contributed by atoms with Crippen LogP contribution >= 0.6 is 0 Å². The van der Waals surface area contributed by atoms with Crippen LogP contribution < -0.4 is 0 Å². The van der Waals surface area contributed by atoms with Gasteiger partial charge in [-0.2, -0.15) is 4.31 Å². The van der Waals surface area contributed by atoms with Gasteiger partial charge < -0.3 is 9.64 Å². The predicted molar refractivity (Wildman–Crippen MR) is 93.1 cm³/mol. The average molecular weight is 397 g/mol. The van der Waals surface area contributed by atoms with Gasteiger partial charge in [0.25, 0.3) is 5.91 Å². The molecular formula is C16H20FN5O4S. The molecule has 1 fully saturated rings. The zero-order chi connectivity index (χ0) is 19.6. The van der Waals surface area contributed by atoms with Gasteiger partial charge in [-0.05, 0) is 18.2 Å². The minimum absolute atomic E-state index is 0.0878. The molecule has 0 radical (unpaired) electrons. The number of methoxy groups -OCH3 is 1. The molecule has 0 spiro atoms. The molecule has 27 heavy (non-hydrogen) atoms. The molecular weight excluding hydrogens is 377 g/mol. The van der Waals surface area contributed by atoms with Crippen molar-refractivity contribution in [1.29, 1.82) is 0 Å². The topological polar surface area (TPSA) is 97.6 Å². The van der Waals surface area contributed by atoms with Gasteiger partial charge in [-0.3, -0.25) is 4.79 Å². The van der Waals surface area contributed by atoms with Gasteiger partial charge >= 0.3 is 0 Å². The van der Waals surface area contributed by atoms with Crippen LogP contribution in [0.15, 0.2) is 35.4 Å². The van der Waals surface area contributed by atoms with Crippen molar-refractivity contribution in [2.24, 2.45) is 0 Å². The normalized spacial score (nSPS) is 15.5. The molecule has 1 saturated heterocycles. The number of hydrogen-bond donors (Lipinski definition) is 0. The van der Waals surface area contributed by atoms with Crippen molar-refractivity contribution in [3.63, 3.8) is 0 Å². The first kappa shape index (κ1) is 19.4. The largest absolute Gasteiger partial charge is 0.383 e. The van der Waals surface area contributed by atoms with Crippen molar-refractivity contribution < 1.29 is 22.3 Å². The third-order valence-electron chi connectivity index (χ3n) is 4.34. The highest BCUT2D eigenvalue weighted by Crippen LogP contribution is 2.28. The molecule has 1 aliphatic rings. The number of carbonyl (C=O) groups excluding carboxylic acids is 1. The van der Waals surface area contributed by atoms with E-state index in [1.165, 1.54) is 38.3 Å². The summed E-state index contributed by atoms with van der Waals surface area (Å²) in [6.07, 6.45) is 1.50. The first-order valence-corrected chi connectivity index (χ1v) is 9.69. The lowest BCUT2D eigenvalue weighted by Gasteiger charge is -2.37. The lowest BCUT2D eigenvalue weighted by atomic mass is 10.2. The fourth-order valence-electron chi connectivity index (χ4n) is 2.64. The van der Waals surface area contributed by atoms with Crippen LogP contribution in [0.4, 0.5) is 4.39 Å². The van der Waals surface area contributed by atoms with E-state index >= 15 is 0 Å². The summed E-state index contributed by atoms with van der Waals surface area (Å²) >= 11 is 0. The van der Waals surface area contributed by atoms with Crippen LogP contribution in [0.25, 0.3) is 0 Å². The van der Waals surface area contributed by atoms with Gasteiger partial charge in [0.05, 0.1) is 23.7 Å². The molecule has 1 aromatic carbocycles. The second-order valence-corrected chi connectivity index (χ2v) is 8.17. The highest BCUT2D eigenvalue weighted by Gasteiger charge is 2.38. The number of ether oxygens (including phenoxy) is 1. The van der Waals surface area contributed by atoms with Crippen molar-refractivity contribution in [1.82, 2.24) is 24.2 Å². The summed E-state index contributed by atoms with van der Waals surface area (Å²) in [5.74, 6) is -0.896. The summed E-state index contributed by atoms with van der Waals surface area (Å²) in [4.78, 5) is 13.6. The first-order valence-electron chi connectivity index (χ1n) is 8.25. The van der Waals surface area contributed by atoms with Crippen LogP contribution in [0.1, 0.15) is 16.5 Å². The van der Waals surface area contributed by atoms with Gasteiger partial charge in [0.2, 0.25) is 10.0 Å². The fraction of sp³-hybridized carbons (Fsp3) is 0.438. The number of nitrogens with zero attached hydrogens (tertiary/aromatic N) is 5. The monoisotopic (exact) mass is 397 g/mol. The zero-order valence-corrected chi connectivity index (χ0v) is 15.8. The molecule has 1 aromatic heterocycles. The van der Waals surface area contributed by atoms with Gasteiger partial charge in [-0.1, -0.05) is 11.3 Å². The summed E-state index contributed by atoms with van der Waals surface area (Å²) in [7, 11) is -0.570. The predicted octanol–water partition coefficient (Wildman–Crippen LogP) is 0.381. The Kier molecular flexibility index (Phi) is 5.53. The minimum Gasteiger partial charge on any atom is -0.383 e. The van der Waals surface area contributed by atoms with E-state index in [0.717, 1.165) is 6.07 Å². The van der Waals surface area contributed by atoms with Crippen LogP contribution in [0.5, 0.6) is 0 Å². The number of likely N-dealkylation sites (N-methyl/N-ethyl adjacent to an activating group) is 1. The second kappa shape index (κ2) is 7.71. The summed E-state index contributed by atoms with van der Waals surface area (Å²) in [6.45, 7) is 1.18. The van der Waals surface area contributed by atoms with E-state index in [2.05, 4.69) is 10.3 Å². The Morgan fingerprint density at radius 1 is 1.41 bits per heavy atom. The minimum atomic E-state index is -3.76. The van der Waals surface area contributed by atoms with Gasteiger partial charge in [-0.15, -0.1) is 5.10 Å². The number of benzene rings is 1. The molecule has 3 rings (SSSR count). The van der Waals surface area contributed by atoms with E-state index in [9.17, 15) is 17.6 Å². The molecule has 2 aromatic rings. The molecule has 146 valence electrons. The van der Waals surface area contributed by atoms with Gasteiger partial charge in [0.1, 0.15) is 5.82 Å². The van der Waals surface area contributed by atoms with E-state index in [4.69, 9.17) is 4.74 Å². The molecule has 9 nitrogen and oxygen atoms in total. The molecule has 0 saturated carbocycles. The summed E-state index contributed by atoms with van der Waals surface area (Å²) < 4.78 is 45.9. The molecule has 1 amide bonds. The Bertz CT molecular complexity index is 926. The van der Waals surface area contributed by atoms with E-state index in [0.29, 0.717) is 13.2 Å². The third-order valence-corrected chi connectivity index (χ3v) is 6.17. The van der Waals surface area contributed by atoms with Crippen molar-refractivity contribution in [2.45, 2.75) is 10.9 Å². The zero-order valence-electron chi connectivity index (χ0n) is 14.9. The maximum absolute atomic E-state index is 13.3. The molecule has 1 aliphatic heterocycles. The quantitative estimate of drug-likeness (QED) is 0.670. The van der Waals surface area contributed by atoms with Gasteiger partial charge in [-0.25, -0.2) is 17.5 Å². The Balaban J connectivity index is 1.63. The Hall–Kier alpha value is -2.37. The number of amides is 1. The maximum Gasteiger partial charge on any atom is 0.275 e. The smallest absolute Gasteiger partial charge is 0.275 e. The molecule has 0 N–H and O–H groups in total. The molecule has 2 heterocycles. The van der Waals surface area contributed by atoms with Crippen molar-refractivity contribution in [3.8, 4) is 0 Å². The van der Waals surface area contributed by atoms with Crippen LogP contribution in [0, 0.1) is 5.82 Å². The highest BCUT2D eigenvalue weighted by atomic mass is 32.2. The first-order chi connectivity index (χ1) is 12.8. The number of halogens is 1. The van der Waals surface area contributed by atoms with E-state index in [1.54, 1.807) is 14.2 Å². The summed E-state index contributed by atoms with van der Waals surface area (Å²) in [5.41, 5.74) is 0.181. The van der Waals surface area contributed by atoms with E-state index in [1.807, 2.05) is 0 Å². The van der Waals surface area contributed by atoms with Crippen LogP contribution in [-0.2, 0) is 14.8 Å². The van der Waals surface area contributed by atoms with E-state index in [-0.39, 0.29) is 35.6 Å². The van der Waals surface area contributed by atoms with Gasteiger partial charge in [0.15, 0.2) is 5.69 Å². The van der Waals surface area contributed by atoms with Crippen LogP contribution in [-0.4, -0.2) is 78.9 Å². The highest BCUT2D eigenvalue weighted by molar-refractivity contribution is 7.89.